The quantitative estimate of drug-likeness (QED) is 0.706. The fraction of sp³-hybridized carbons (Fsp3) is 0.600. The molecule has 0 radical (unpaired) electrons. The normalized spacial score (nSPS) is 11.4. The molecule has 4 nitrogen and oxygen atoms in total. The maximum absolute atomic E-state index is 5.49. The minimum atomic E-state index is 0.0359. The monoisotopic (exact) mass is 266 g/mol. The largest absolute Gasteiger partial charge is 0.493 e. The van der Waals surface area contributed by atoms with E-state index in [1.54, 1.807) is 14.2 Å². The van der Waals surface area contributed by atoms with Gasteiger partial charge in [-0.05, 0) is 37.2 Å². The lowest BCUT2D eigenvalue weighted by molar-refractivity contribution is 0.353. The van der Waals surface area contributed by atoms with Crippen LogP contribution in [0.25, 0.3) is 0 Å². The number of nitrogens with one attached hydrogen (secondary N) is 1. The zero-order chi connectivity index (χ0) is 14.3. The number of nitrogens with two attached hydrogens (primary N) is 1. The summed E-state index contributed by atoms with van der Waals surface area (Å²) in [6.07, 6.45) is 1.00. The Morgan fingerprint density at radius 1 is 1.16 bits per heavy atom. The summed E-state index contributed by atoms with van der Waals surface area (Å²) in [5.74, 6) is 1.54. The van der Waals surface area contributed by atoms with Crippen LogP contribution >= 0.6 is 0 Å². The third-order valence-corrected chi connectivity index (χ3v) is 3.29. The van der Waals surface area contributed by atoms with Gasteiger partial charge in [0.2, 0.25) is 0 Å². The molecule has 108 valence electrons. The average molecular weight is 266 g/mol. The second-order valence-electron chi connectivity index (χ2n) is 5.27. The molecule has 19 heavy (non-hydrogen) atoms. The molecular formula is C15H26N2O2. The zero-order valence-electron chi connectivity index (χ0n) is 12.5. The van der Waals surface area contributed by atoms with Crippen molar-refractivity contribution in [1.29, 1.82) is 0 Å². The maximum Gasteiger partial charge on any atom is 0.161 e. The second kappa shape index (κ2) is 7.36. The van der Waals surface area contributed by atoms with E-state index >= 15 is 0 Å². The number of benzene rings is 1. The molecule has 0 saturated carbocycles. The molecule has 0 heterocycles. The molecule has 3 N–H and O–H groups in total. The van der Waals surface area contributed by atoms with Gasteiger partial charge in [-0.25, -0.2) is 0 Å². The topological polar surface area (TPSA) is 56.5 Å². The molecule has 1 rings (SSSR count). The third kappa shape index (κ3) is 4.40. The first-order chi connectivity index (χ1) is 9.05. The van der Waals surface area contributed by atoms with Gasteiger partial charge in [-0.1, -0.05) is 19.9 Å². The first-order valence-electron chi connectivity index (χ1n) is 6.68. The molecule has 0 saturated heterocycles. The summed E-state index contributed by atoms with van der Waals surface area (Å²) in [4.78, 5) is 0. The van der Waals surface area contributed by atoms with E-state index in [9.17, 15) is 0 Å². The molecule has 0 spiro atoms. The summed E-state index contributed by atoms with van der Waals surface area (Å²) >= 11 is 0. The van der Waals surface area contributed by atoms with Crippen molar-refractivity contribution in [2.24, 2.45) is 5.73 Å². The number of methoxy groups -OCH3 is 2. The molecule has 4 heteroatoms. The van der Waals surface area contributed by atoms with Crippen molar-refractivity contribution in [1.82, 2.24) is 5.32 Å². The van der Waals surface area contributed by atoms with E-state index in [1.165, 1.54) is 5.56 Å². The number of rotatable bonds is 8. The summed E-state index contributed by atoms with van der Waals surface area (Å²) in [5.41, 5.74) is 6.75. The van der Waals surface area contributed by atoms with Gasteiger partial charge in [0.05, 0.1) is 14.2 Å². The Hall–Kier alpha value is -1.26. The lowest BCUT2D eigenvalue weighted by Crippen LogP contribution is -2.34. The van der Waals surface area contributed by atoms with E-state index < -0.39 is 0 Å². The molecule has 0 atom stereocenters. The minimum Gasteiger partial charge on any atom is -0.493 e. The lowest BCUT2D eigenvalue weighted by atomic mass is 9.84. The van der Waals surface area contributed by atoms with Crippen LogP contribution in [0.15, 0.2) is 18.2 Å². The summed E-state index contributed by atoms with van der Waals surface area (Å²) in [5, 5.41) is 3.44. The van der Waals surface area contributed by atoms with E-state index in [0.29, 0.717) is 0 Å². The Kier molecular flexibility index (Phi) is 6.12. The smallest absolute Gasteiger partial charge is 0.161 e. The molecule has 0 fully saturated rings. The van der Waals surface area contributed by atoms with E-state index in [4.69, 9.17) is 15.2 Å². The summed E-state index contributed by atoms with van der Waals surface area (Å²) in [6.45, 7) is 7.01. The van der Waals surface area contributed by atoms with E-state index in [2.05, 4.69) is 25.2 Å². The highest BCUT2D eigenvalue weighted by molar-refractivity contribution is 5.45. The summed E-state index contributed by atoms with van der Waals surface area (Å²) in [7, 11) is 3.31. The van der Waals surface area contributed by atoms with Crippen LogP contribution in [0.4, 0.5) is 0 Å². The molecule has 0 bridgehead atoms. The van der Waals surface area contributed by atoms with Crippen LogP contribution in [0.2, 0.25) is 0 Å². The van der Waals surface area contributed by atoms with Gasteiger partial charge >= 0.3 is 0 Å². The predicted octanol–water partition coefficient (Wildman–Crippen LogP) is 1.92. The Balaban J connectivity index is 2.76. The van der Waals surface area contributed by atoms with Gasteiger partial charge < -0.3 is 20.5 Å². The molecule has 0 amide bonds. The molecule has 0 aromatic heterocycles. The number of ether oxygens (including phenoxy) is 2. The van der Waals surface area contributed by atoms with Gasteiger partial charge in [0.25, 0.3) is 0 Å². The van der Waals surface area contributed by atoms with Crippen molar-refractivity contribution in [2.45, 2.75) is 25.7 Å². The molecular weight excluding hydrogens is 240 g/mol. The van der Waals surface area contributed by atoms with Crippen LogP contribution in [0.1, 0.15) is 25.8 Å². The predicted molar refractivity (Wildman–Crippen MR) is 79.1 cm³/mol. The highest BCUT2D eigenvalue weighted by atomic mass is 16.5. The summed E-state index contributed by atoms with van der Waals surface area (Å²) in [6, 6.07) is 6.09. The van der Waals surface area contributed by atoms with Crippen molar-refractivity contribution < 1.29 is 9.47 Å². The van der Waals surface area contributed by atoms with Gasteiger partial charge in [0.1, 0.15) is 0 Å². The Bertz CT molecular complexity index is 392. The Morgan fingerprint density at radius 2 is 1.84 bits per heavy atom. The number of hydrogen-bond acceptors (Lipinski definition) is 4. The highest BCUT2D eigenvalue weighted by Crippen LogP contribution is 2.32. The van der Waals surface area contributed by atoms with Gasteiger partial charge in [0.15, 0.2) is 11.5 Å². The fourth-order valence-electron chi connectivity index (χ4n) is 1.99. The number of hydrogen-bond donors (Lipinski definition) is 2. The van der Waals surface area contributed by atoms with Crippen molar-refractivity contribution in [3.05, 3.63) is 23.8 Å². The highest BCUT2D eigenvalue weighted by Gasteiger charge is 2.21. The van der Waals surface area contributed by atoms with Crippen LogP contribution in [-0.2, 0) is 5.41 Å². The van der Waals surface area contributed by atoms with Crippen molar-refractivity contribution in [3.8, 4) is 11.5 Å². The Morgan fingerprint density at radius 3 is 2.42 bits per heavy atom. The van der Waals surface area contributed by atoms with Crippen molar-refractivity contribution in [3.63, 3.8) is 0 Å². The molecule has 1 aromatic carbocycles. The van der Waals surface area contributed by atoms with E-state index in [1.807, 2.05) is 12.1 Å². The van der Waals surface area contributed by atoms with Crippen LogP contribution in [0.3, 0.4) is 0 Å². The lowest BCUT2D eigenvalue weighted by Gasteiger charge is -2.26. The van der Waals surface area contributed by atoms with Gasteiger partial charge in [-0.15, -0.1) is 0 Å². The van der Waals surface area contributed by atoms with Crippen LogP contribution < -0.4 is 20.5 Å². The van der Waals surface area contributed by atoms with Crippen molar-refractivity contribution >= 4 is 0 Å². The average Bonchev–Trinajstić information content (AvgIpc) is 2.42. The molecule has 1 aromatic rings. The summed E-state index contributed by atoms with van der Waals surface area (Å²) < 4.78 is 10.6. The van der Waals surface area contributed by atoms with Gasteiger partial charge in [-0.2, -0.15) is 0 Å². The molecule has 0 aliphatic carbocycles. The van der Waals surface area contributed by atoms with Crippen LogP contribution in [0, 0.1) is 0 Å². The standard InChI is InChI=1S/C15H26N2O2/c1-15(2,11-17-9-5-8-16)12-6-7-13(18-3)14(10-12)19-4/h6-7,10,17H,5,8-9,11,16H2,1-4H3. The molecule has 0 aliphatic rings. The SMILES string of the molecule is COc1ccc(C(C)(C)CNCCCN)cc1OC. The van der Waals surface area contributed by atoms with Crippen molar-refractivity contribution in [2.75, 3.05) is 33.9 Å². The van der Waals surface area contributed by atoms with Gasteiger partial charge in [-0.3, -0.25) is 0 Å². The van der Waals surface area contributed by atoms with Crippen LogP contribution in [0.5, 0.6) is 11.5 Å². The Labute approximate surface area is 116 Å². The first-order valence-corrected chi connectivity index (χ1v) is 6.68. The molecule has 0 unspecified atom stereocenters. The van der Waals surface area contributed by atoms with E-state index in [0.717, 1.165) is 37.6 Å². The first kappa shape index (κ1) is 15.8. The van der Waals surface area contributed by atoms with E-state index in [-0.39, 0.29) is 5.41 Å². The fourth-order valence-corrected chi connectivity index (χ4v) is 1.99. The third-order valence-electron chi connectivity index (χ3n) is 3.29. The van der Waals surface area contributed by atoms with Crippen LogP contribution in [-0.4, -0.2) is 33.9 Å². The van der Waals surface area contributed by atoms with Gasteiger partial charge in [0, 0.05) is 12.0 Å². The maximum atomic E-state index is 5.49. The zero-order valence-corrected chi connectivity index (χ0v) is 12.5. The molecule has 0 aliphatic heterocycles. The second-order valence-corrected chi connectivity index (χ2v) is 5.27. The minimum absolute atomic E-state index is 0.0359.